The fourth-order valence-corrected chi connectivity index (χ4v) is 5.64. The Kier molecular flexibility index (Phi) is 5.33. The number of rotatable bonds is 2. The lowest BCUT2D eigenvalue weighted by atomic mass is 9.74. The van der Waals surface area contributed by atoms with Crippen LogP contribution in [0, 0.1) is 12.3 Å². The van der Waals surface area contributed by atoms with Crippen LogP contribution in [0.5, 0.6) is 0 Å². The Labute approximate surface area is 198 Å². The molecule has 1 aliphatic heterocycles. The number of amides is 2. The van der Waals surface area contributed by atoms with E-state index in [9.17, 15) is 9.59 Å². The number of nitrogens with one attached hydrogen (secondary N) is 2. The van der Waals surface area contributed by atoms with Crippen LogP contribution in [0.2, 0.25) is 0 Å². The highest BCUT2D eigenvalue weighted by molar-refractivity contribution is 7.10. The highest BCUT2D eigenvalue weighted by Gasteiger charge is 2.43. The topological polar surface area (TPSA) is 61.4 Å². The molecule has 6 heteroatoms. The smallest absolute Gasteiger partial charge is 0.327 e. The van der Waals surface area contributed by atoms with E-state index < -0.39 is 6.04 Å². The summed E-state index contributed by atoms with van der Waals surface area (Å²) in [5.41, 5.74) is 4.77. The van der Waals surface area contributed by atoms with E-state index in [2.05, 4.69) is 24.5 Å². The molecule has 2 aliphatic rings. The van der Waals surface area contributed by atoms with Crippen molar-refractivity contribution in [1.82, 2.24) is 0 Å². The van der Waals surface area contributed by atoms with Crippen LogP contribution >= 0.6 is 11.3 Å². The van der Waals surface area contributed by atoms with Crippen LogP contribution in [0.25, 0.3) is 0 Å². The number of carbonyl (C=O) groups excluding carboxylic acids is 2. The summed E-state index contributed by atoms with van der Waals surface area (Å²) in [5.74, 6) is 0.0913. The number of benzene rings is 2. The van der Waals surface area contributed by atoms with E-state index in [-0.39, 0.29) is 17.2 Å². The fourth-order valence-electron chi connectivity index (χ4n) is 4.82. The fraction of sp³-hybridized carbons (Fsp3) is 0.259. The molecular formula is C27H27N3O2S. The van der Waals surface area contributed by atoms with Crippen molar-refractivity contribution in [1.29, 1.82) is 0 Å². The lowest BCUT2D eigenvalue weighted by Gasteiger charge is -2.36. The van der Waals surface area contributed by atoms with E-state index in [1.165, 1.54) is 0 Å². The second-order valence-corrected chi connectivity index (χ2v) is 10.5. The summed E-state index contributed by atoms with van der Waals surface area (Å²) < 4.78 is 0. The average Bonchev–Trinajstić information content (AvgIpc) is 3.24. The maximum absolute atomic E-state index is 13.9. The van der Waals surface area contributed by atoms with E-state index in [1.807, 2.05) is 73.0 Å². The molecular weight excluding hydrogens is 430 g/mol. The third-order valence-electron chi connectivity index (χ3n) is 6.32. The van der Waals surface area contributed by atoms with Gasteiger partial charge in [-0.15, -0.1) is 11.3 Å². The van der Waals surface area contributed by atoms with Crippen molar-refractivity contribution >= 4 is 40.2 Å². The second-order valence-electron chi connectivity index (χ2n) is 9.51. The summed E-state index contributed by atoms with van der Waals surface area (Å²) in [7, 11) is 0. The predicted octanol–water partition coefficient (Wildman–Crippen LogP) is 6.91. The molecule has 2 heterocycles. The van der Waals surface area contributed by atoms with Gasteiger partial charge in [-0.2, -0.15) is 0 Å². The molecule has 1 unspecified atom stereocenters. The lowest BCUT2D eigenvalue weighted by Crippen LogP contribution is -2.41. The first kappa shape index (κ1) is 21.5. The van der Waals surface area contributed by atoms with Crippen LogP contribution in [0.15, 0.2) is 77.3 Å². The largest absolute Gasteiger partial charge is 0.357 e. The molecule has 1 aromatic heterocycles. The molecule has 0 saturated heterocycles. The average molecular weight is 458 g/mol. The molecule has 3 aromatic rings. The minimum absolute atomic E-state index is 0.0913. The molecule has 2 N–H and O–H groups in total. The number of carbonyl (C=O) groups is 2. The summed E-state index contributed by atoms with van der Waals surface area (Å²) in [6, 6.07) is 18.7. The van der Waals surface area contributed by atoms with Gasteiger partial charge in [0.2, 0.25) is 0 Å². The number of allylic oxidation sites excluding steroid dienone is 1. The molecule has 0 bridgehead atoms. The van der Waals surface area contributed by atoms with Crippen molar-refractivity contribution in [2.24, 2.45) is 5.41 Å². The van der Waals surface area contributed by atoms with E-state index in [0.717, 1.165) is 39.6 Å². The molecule has 2 aromatic carbocycles. The summed E-state index contributed by atoms with van der Waals surface area (Å²) in [5, 5.41) is 8.63. The van der Waals surface area contributed by atoms with Gasteiger partial charge in [-0.25, -0.2) is 4.79 Å². The van der Waals surface area contributed by atoms with Gasteiger partial charge in [0.25, 0.3) is 0 Å². The minimum atomic E-state index is -0.497. The summed E-state index contributed by atoms with van der Waals surface area (Å²) in [6.45, 7) is 6.21. The van der Waals surface area contributed by atoms with Crippen molar-refractivity contribution in [2.75, 3.05) is 15.5 Å². The lowest BCUT2D eigenvalue weighted by molar-refractivity contribution is -0.118. The number of nitrogens with zero attached hydrogens (tertiary/aromatic N) is 1. The summed E-state index contributed by atoms with van der Waals surface area (Å²) in [6.07, 6.45) is 1.20. The predicted molar refractivity (Wildman–Crippen MR) is 135 cm³/mol. The van der Waals surface area contributed by atoms with Gasteiger partial charge in [0.1, 0.15) is 6.04 Å². The number of para-hydroxylation sites is 3. The first-order valence-corrected chi connectivity index (χ1v) is 12.0. The Morgan fingerprint density at radius 2 is 1.82 bits per heavy atom. The highest BCUT2D eigenvalue weighted by Crippen LogP contribution is 2.49. The quantitative estimate of drug-likeness (QED) is 0.440. The van der Waals surface area contributed by atoms with Gasteiger partial charge in [0.05, 0.1) is 11.4 Å². The number of ketones is 1. The zero-order valence-electron chi connectivity index (χ0n) is 19.0. The van der Waals surface area contributed by atoms with Crippen molar-refractivity contribution in [3.8, 4) is 0 Å². The molecule has 1 atom stereocenters. The number of urea groups is 1. The van der Waals surface area contributed by atoms with E-state index in [4.69, 9.17) is 0 Å². The molecule has 33 heavy (non-hydrogen) atoms. The van der Waals surface area contributed by atoms with Gasteiger partial charge in [-0.05, 0) is 54.0 Å². The van der Waals surface area contributed by atoms with Crippen molar-refractivity contribution in [2.45, 2.75) is 39.7 Å². The molecule has 0 saturated carbocycles. The Morgan fingerprint density at radius 3 is 2.58 bits per heavy atom. The Hall–Kier alpha value is -3.38. The first-order valence-electron chi connectivity index (χ1n) is 11.2. The molecule has 5 rings (SSSR count). The maximum Gasteiger partial charge on any atom is 0.327 e. The number of thiophene rings is 1. The third kappa shape index (κ3) is 3.95. The van der Waals surface area contributed by atoms with Crippen LogP contribution in [-0.2, 0) is 4.79 Å². The van der Waals surface area contributed by atoms with Crippen molar-refractivity contribution < 1.29 is 9.59 Å². The summed E-state index contributed by atoms with van der Waals surface area (Å²) in [4.78, 5) is 30.2. The molecule has 168 valence electrons. The van der Waals surface area contributed by atoms with Gasteiger partial charge in [0, 0.05) is 28.3 Å². The van der Waals surface area contributed by atoms with Gasteiger partial charge in [0.15, 0.2) is 5.78 Å². The van der Waals surface area contributed by atoms with Gasteiger partial charge >= 0.3 is 6.03 Å². The second kappa shape index (κ2) is 8.19. The number of Topliss-reactive ketones (excluding diaryl/α,β-unsaturated/α-hetero) is 1. The number of anilines is 3. The normalized spacial score (nSPS) is 19.3. The first-order chi connectivity index (χ1) is 15.8. The monoisotopic (exact) mass is 457 g/mol. The van der Waals surface area contributed by atoms with Crippen LogP contribution in [0.4, 0.5) is 21.9 Å². The van der Waals surface area contributed by atoms with Gasteiger partial charge in [-0.3, -0.25) is 9.69 Å². The van der Waals surface area contributed by atoms with Gasteiger partial charge < -0.3 is 10.6 Å². The number of hydrogen-bond donors (Lipinski definition) is 2. The number of hydrogen-bond acceptors (Lipinski definition) is 4. The highest BCUT2D eigenvalue weighted by atomic mass is 32.1. The van der Waals surface area contributed by atoms with Crippen LogP contribution in [0.1, 0.15) is 43.2 Å². The SMILES string of the molecule is Cc1ccccc1NC(=O)N1c2ccccc2NC2=C(C(=O)CC(C)(C)C2)C1c1cccs1. The Bertz CT molecular complexity index is 1260. The zero-order valence-corrected chi connectivity index (χ0v) is 19.8. The molecule has 0 radical (unpaired) electrons. The van der Waals surface area contributed by atoms with Crippen molar-refractivity contribution in [3.63, 3.8) is 0 Å². The summed E-state index contributed by atoms with van der Waals surface area (Å²) >= 11 is 1.57. The molecule has 0 fully saturated rings. The van der Waals surface area contributed by atoms with Crippen LogP contribution < -0.4 is 15.5 Å². The van der Waals surface area contributed by atoms with Crippen LogP contribution in [0.3, 0.4) is 0 Å². The molecule has 1 aliphatic carbocycles. The third-order valence-corrected chi connectivity index (χ3v) is 7.24. The van der Waals surface area contributed by atoms with E-state index in [1.54, 1.807) is 16.2 Å². The van der Waals surface area contributed by atoms with Gasteiger partial charge in [-0.1, -0.05) is 50.2 Å². The zero-order chi connectivity index (χ0) is 23.2. The minimum Gasteiger partial charge on any atom is -0.357 e. The molecule has 2 amide bonds. The van der Waals surface area contributed by atoms with Crippen LogP contribution in [-0.4, -0.2) is 11.8 Å². The van der Waals surface area contributed by atoms with Crippen molar-refractivity contribution in [3.05, 3.63) is 87.8 Å². The standard InChI is InChI=1S/C27H27N3O2S/c1-17-9-4-5-10-18(17)29-26(32)30-21-12-7-6-11-19(21)28-20-15-27(2,3)16-22(31)24(20)25(30)23-13-8-14-33-23/h4-14,25,28H,15-16H2,1-3H3,(H,29,32). The Morgan fingerprint density at radius 1 is 1.06 bits per heavy atom. The maximum atomic E-state index is 13.9. The van der Waals surface area contributed by atoms with E-state index >= 15 is 0 Å². The molecule has 0 spiro atoms. The number of fused-ring (bicyclic) bond motifs is 1. The Balaban J connectivity index is 1.70. The van der Waals surface area contributed by atoms with E-state index in [0.29, 0.717) is 12.0 Å². The number of aryl methyl sites for hydroxylation is 1. The molecule has 5 nitrogen and oxygen atoms in total.